The molecule has 3 aromatic carbocycles. The maximum absolute atomic E-state index is 12.4. The van der Waals surface area contributed by atoms with Gasteiger partial charge in [0, 0.05) is 49.2 Å². The Balaban J connectivity index is 1.39. The lowest BCUT2D eigenvalue weighted by atomic mass is 10.0. The third-order valence-electron chi connectivity index (χ3n) is 6.67. The van der Waals surface area contributed by atoms with Gasteiger partial charge in [0.2, 0.25) is 0 Å². The molecule has 1 aromatic heterocycles. The van der Waals surface area contributed by atoms with E-state index < -0.39 is 5.60 Å². The summed E-state index contributed by atoms with van der Waals surface area (Å²) in [6, 6.07) is 20.2. The molecule has 37 heavy (non-hydrogen) atoms. The number of amides is 1. The highest BCUT2D eigenvalue weighted by Crippen LogP contribution is 2.32. The van der Waals surface area contributed by atoms with Gasteiger partial charge >= 0.3 is 6.09 Å². The lowest BCUT2D eigenvalue weighted by Crippen LogP contribution is -2.44. The number of nitrogens with zero attached hydrogens (tertiary/aromatic N) is 4. The molecule has 0 bridgehead atoms. The zero-order valence-electron chi connectivity index (χ0n) is 21.8. The molecule has 190 valence electrons. The Morgan fingerprint density at radius 2 is 1.81 bits per heavy atom. The van der Waals surface area contributed by atoms with Gasteiger partial charge in [-0.2, -0.15) is 5.26 Å². The van der Waals surface area contributed by atoms with Crippen molar-refractivity contribution < 1.29 is 14.3 Å². The van der Waals surface area contributed by atoms with Crippen LogP contribution in [0.3, 0.4) is 0 Å². The maximum Gasteiger partial charge on any atom is 0.410 e. The molecule has 7 nitrogen and oxygen atoms in total. The van der Waals surface area contributed by atoms with Crippen molar-refractivity contribution in [1.82, 2.24) is 14.5 Å². The number of hydrogen-bond acceptors (Lipinski definition) is 5. The van der Waals surface area contributed by atoms with Crippen LogP contribution in [-0.4, -0.2) is 45.3 Å². The average Bonchev–Trinajstić information content (AvgIpc) is 3.25. The number of aromatic nitrogens is 2. The van der Waals surface area contributed by atoms with Gasteiger partial charge in [-0.25, -0.2) is 9.78 Å². The largest absolute Gasteiger partial charge is 0.490 e. The summed E-state index contributed by atoms with van der Waals surface area (Å²) in [6.45, 7) is 8.97. The van der Waals surface area contributed by atoms with E-state index in [1.165, 1.54) is 0 Å². The van der Waals surface area contributed by atoms with Gasteiger partial charge in [-0.05, 0) is 45.0 Å². The number of hydrogen-bond donors (Lipinski definition) is 0. The number of nitriles is 1. The third-order valence-corrected chi connectivity index (χ3v) is 6.67. The first-order valence-corrected chi connectivity index (χ1v) is 12.9. The second kappa shape index (κ2) is 9.78. The van der Waals surface area contributed by atoms with Crippen LogP contribution in [0.1, 0.15) is 51.9 Å². The van der Waals surface area contributed by atoms with Crippen molar-refractivity contribution in [2.75, 3.05) is 13.1 Å². The number of piperidine rings is 1. The summed E-state index contributed by atoms with van der Waals surface area (Å²) in [7, 11) is 0. The molecule has 0 saturated carbocycles. The summed E-state index contributed by atoms with van der Waals surface area (Å²) < 4.78 is 14.0. The predicted molar refractivity (Wildman–Crippen MR) is 144 cm³/mol. The van der Waals surface area contributed by atoms with Gasteiger partial charge in [0.05, 0.1) is 28.4 Å². The summed E-state index contributed by atoms with van der Waals surface area (Å²) >= 11 is 0. The van der Waals surface area contributed by atoms with Crippen LogP contribution in [0.5, 0.6) is 5.75 Å². The minimum Gasteiger partial charge on any atom is -0.490 e. The highest BCUT2D eigenvalue weighted by Gasteiger charge is 2.28. The standard InChI is InChI=1S/C30H32N4O3/c1-5-28-32-25-18-22(36-21-14-16-33(17-15-21)29(35)37-30(2,3)4)11-13-27(25)34(28)26-12-10-20(19-31)23-8-6-7-9-24(23)26/h6-13,18,21H,5,14-17H2,1-4H3. The van der Waals surface area contributed by atoms with E-state index in [1.54, 1.807) is 4.90 Å². The molecule has 0 spiro atoms. The summed E-state index contributed by atoms with van der Waals surface area (Å²) in [5, 5.41) is 11.5. The molecule has 2 heterocycles. The van der Waals surface area contributed by atoms with Crippen LogP contribution in [0.25, 0.3) is 27.5 Å². The quantitative estimate of drug-likeness (QED) is 0.327. The zero-order chi connectivity index (χ0) is 26.2. The number of fused-ring (bicyclic) bond motifs is 2. The molecular formula is C30H32N4O3. The number of rotatable bonds is 4. The smallest absolute Gasteiger partial charge is 0.410 e. The average molecular weight is 497 g/mol. The number of imidazole rings is 1. The van der Waals surface area contributed by atoms with Gasteiger partial charge in [0.25, 0.3) is 0 Å². The fourth-order valence-electron chi connectivity index (χ4n) is 4.94. The highest BCUT2D eigenvalue weighted by molar-refractivity contribution is 5.96. The van der Waals surface area contributed by atoms with Crippen LogP contribution >= 0.6 is 0 Å². The summed E-state index contributed by atoms with van der Waals surface area (Å²) in [5.41, 5.74) is 3.05. The number of likely N-dealkylation sites (tertiary alicyclic amines) is 1. The van der Waals surface area contributed by atoms with Crippen molar-refractivity contribution in [3.05, 3.63) is 66.0 Å². The van der Waals surface area contributed by atoms with Crippen molar-refractivity contribution >= 4 is 27.9 Å². The van der Waals surface area contributed by atoms with Crippen LogP contribution in [0.15, 0.2) is 54.6 Å². The van der Waals surface area contributed by atoms with Crippen LogP contribution in [0, 0.1) is 11.3 Å². The minimum absolute atomic E-state index is 0.0336. The van der Waals surface area contributed by atoms with E-state index in [0.29, 0.717) is 18.7 Å². The summed E-state index contributed by atoms with van der Waals surface area (Å²) in [4.78, 5) is 19.0. The lowest BCUT2D eigenvalue weighted by Gasteiger charge is -2.33. The second-order valence-electron chi connectivity index (χ2n) is 10.4. The monoisotopic (exact) mass is 496 g/mol. The Labute approximate surface area is 217 Å². The van der Waals surface area contributed by atoms with Crippen molar-refractivity contribution in [3.8, 4) is 17.5 Å². The van der Waals surface area contributed by atoms with E-state index in [2.05, 4.69) is 29.7 Å². The molecule has 0 atom stereocenters. The molecule has 1 fully saturated rings. The van der Waals surface area contributed by atoms with E-state index >= 15 is 0 Å². The molecule has 4 aromatic rings. The summed E-state index contributed by atoms with van der Waals surface area (Å²) in [5.74, 6) is 1.73. The van der Waals surface area contributed by atoms with Gasteiger partial charge in [-0.15, -0.1) is 0 Å². The van der Waals surface area contributed by atoms with Gasteiger partial charge in [-0.3, -0.25) is 4.57 Å². The Bertz CT molecular complexity index is 1500. The zero-order valence-corrected chi connectivity index (χ0v) is 21.8. The van der Waals surface area contributed by atoms with Crippen LogP contribution in [0.2, 0.25) is 0 Å². The minimum atomic E-state index is -0.495. The Morgan fingerprint density at radius 3 is 2.49 bits per heavy atom. The Hall–Kier alpha value is -4.05. The van der Waals surface area contributed by atoms with Crippen molar-refractivity contribution in [3.63, 3.8) is 0 Å². The van der Waals surface area contributed by atoms with Gasteiger partial charge in [0.15, 0.2) is 0 Å². The van der Waals surface area contributed by atoms with Gasteiger partial charge in [0.1, 0.15) is 23.3 Å². The van der Waals surface area contributed by atoms with Crippen LogP contribution < -0.4 is 4.74 Å². The topological polar surface area (TPSA) is 80.4 Å². The van der Waals surface area contributed by atoms with E-state index in [0.717, 1.165) is 58.3 Å². The normalized spacial score (nSPS) is 14.6. The first kappa shape index (κ1) is 24.6. The first-order valence-electron chi connectivity index (χ1n) is 12.9. The molecule has 7 heteroatoms. The van der Waals surface area contributed by atoms with E-state index in [-0.39, 0.29) is 12.2 Å². The third kappa shape index (κ3) is 4.97. The molecule has 0 aliphatic carbocycles. The molecule has 1 aliphatic heterocycles. The molecule has 0 N–H and O–H groups in total. The van der Waals surface area contributed by atoms with Crippen LogP contribution in [0.4, 0.5) is 4.79 Å². The van der Waals surface area contributed by atoms with Crippen molar-refractivity contribution in [2.45, 2.75) is 58.7 Å². The Morgan fingerprint density at radius 1 is 1.08 bits per heavy atom. The molecule has 5 rings (SSSR count). The van der Waals surface area contributed by atoms with Crippen molar-refractivity contribution in [1.29, 1.82) is 5.26 Å². The molecule has 0 unspecified atom stereocenters. The summed E-state index contributed by atoms with van der Waals surface area (Å²) in [6.07, 6.45) is 2.04. The van der Waals surface area contributed by atoms with Gasteiger partial charge < -0.3 is 14.4 Å². The molecule has 1 aliphatic rings. The molecule has 1 amide bonds. The maximum atomic E-state index is 12.4. The lowest BCUT2D eigenvalue weighted by molar-refractivity contribution is 0.0127. The highest BCUT2D eigenvalue weighted by atomic mass is 16.6. The van der Waals surface area contributed by atoms with E-state index in [4.69, 9.17) is 14.5 Å². The molecule has 1 saturated heterocycles. The number of carbonyl (C=O) groups excluding carboxylic acids is 1. The van der Waals surface area contributed by atoms with Crippen LogP contribution in [-0.2, 0) is 11.2 Å². The van der Waals surface area contributed by atoms with Crippen molar-refractivity contribution in [2.24, 2.45) is 0 Å². The van der Waals surface area contributed by atoms with E-state index in [9.17, 15) is 10.1 Å². The van der Waals surface area contributed by atoms with E-state index in [1.807, 2.05) is 63.2 Å². The number of ether oxygens (including phenoxy) is 2. The first-order chi connectivity index (χ1) is 17.8. The Kier molecular flexibility index (Phi) is 6.51. The number of benzene rings is 3. The number of aryl methyl sites for hydroxylation is 1. The second-order valence-corrected chi connectivity index (χ2v) is 10.4. The molecular weight excluding hydrogens is 464 g/mol. The predicted octanol–water partition coefficient (Wildman–Crippen LogP) is 6.39. The fourth-order valence-corrected chi connectivity index (χ4v) is 4.94. The fraction of sp³-hybridized carbons (Fsp3) is 0.367. The van der Waals surface area contributed by atoms with Gasteiger partial charge in [-0.1, -0.05) is 31.2 Å². The number of carbonyl (C=O) groups is 1. The molecule has 0 radical (unpaired) electrons. The SMILES string of the molecule is CCc1nc2cc(OC3CCN(C(=O)OC(C)(C)C)CC3)ccc2n1-c1ccc(C#N)c2ccccc12.